The van der Waals surface area contributed by atoms with E-state index in [0.717, 1.165) is 12.8 Å². The lowest BCUT2D eigenvalue weighted by molar-refractivity contribution is 0.101. The van der Waals surface area contributed by atoms with Gasteiger partial charge in [0, 0.05) is 0 Å². The third kappa shape index (κ3) is 2.82. The number of ketones is 1. The Morgan fingerprint density at radius 1 is 1.00 bits per heavy atom. The summed E-state index contributed by atoms with van der Waals surface area (Å²) in [5.74, 6) is 1.74. The molecular weight excluding hydrogens is 312 g/mol. The Labute approximate surface area is 148 Å². The molecule has 130 valence electrons. The first-order valence-corrected chi connectivity index (χ1v) is 9.20. The molecule has 0 saturated heterocycles. The van der Waals surface area contributed by atoms with E-state index in [1.165, 1.54) is 42.9 Å². The zero-order valence-electron chi connectivity index (χ0n) is 14.5. The Morgan fingerprint density at radius 3 is 2.44 bits per heavy atom. The van der Waals surface area contributed by atoms with Gasteiger partial charge in [-0.2, -0.15) is 0 Å². The molecule has 2 aliphatic carbocycles. The van der Waals surface area contributed by atoms with E-state index in [1.807, 2.05) is 24.3 Å². The van der Waals surface area contributed by atoms with Gasteiger partial charge in [0.25, 0.3) is 0 Å². The van der Waals surface area contributed by atoms with Gasteiger partial charge in [0.1, 0.15) is 11.5 Å². The topological polar surface area (TPSA) is 57.5 Å². The number of hydrogen-bond acceptors (Lipinski definition) is 3. The fourth-order valence-corrected chi connectivity index (χ4v) is 4.96. The summed E-state index contributed by atoms with van der Waals surface area (Å²) in [6.45, 7) is 1.51. The number of carbonyl (C=O) groups is 1. The van der Waals surface area contributed by atoms with E-state index in [4.69, 9.17) is 0 Å². The number of Topliss-reactive ketones (excluding diaryl/α,β-unsaturated/α-hetero) is 1. The van der Waals surface area contributed by atoms with Crippen molar-refractivity contribution in [3.63, 3.8) is 0 Å². The van der Waals surface area contributed by atoms with Crippen LogP contribution in [0.25, 0.3) is 0 Å². The molecule has 3 atom stereocenters. The van der Waals surface area contributed by atoms with E-state index in [-0.39, 0.29) is 11.5 Å². The number of phenols is 2. The first-order valence-electron chi connectivity index (χ1n) is 9.20. The molecule has 4 rings (SSSR count). The molecular formula is C22H24O3. The van der Waals surface area contributed by atoms with E-state index < -0.39 is 0 Å². The van der Waals surface area contributed by atoms with Crippen molar-refractivity contribution in [1.29, 1.82) is 0 Å². The third-order valence-electron chi connectivity index (χ3n) is 6.13. The standard InChI is InChI=1S/C22H24O3/c1-13(23)19-10-15-11-20(14-6-8-16(24)9-7-14)17-4-2-3-5-18(17)21(15)12-22(19)25/h6-10,12,17-18,20,24-25H,2-5,11H2,1H3/t17-,18+,20-/m0/s1. The van der Waals surface area contributed by atoms with Crippen LogP contribution >= 0.6 is 0 Å². The van der Waals surface area contributed by atoms with Crippen molar-refractivity contribution < 1.29 is 15.0 Å². The van der Waals surface area contributed by atoms with Crippen LogP contribution in [0.15, 0.2) is 36.4 Å². The minimum Gasteiger partial charge on any atom is -0.508 e. The minimum atomic E-state index is -0.0905. The Kier molecular flexibility index (Phi) is 4.03. The maximum atomic E-state index is 11.8. The molecule has 2 aromatic carbocycles. The highest BCUT2D eigenvalue weighted by Gasteiger charge is 2.39. The predicted octanol–water partition coefficient (Wildman–Crippen LogP) is 4.91. The zero-order valence-corrected chi connectivity index (χ0v) is 14.5. The van der Waals surface area contributed by atoms with Crippen LogP contribution in [0.2, 0.25) is 0 Å². The summed E-state index contributed by atoms with van der Waals surface area (Å²) in [5.41, 5.74) is 4.13. The number of hydrogen-bond donors (Lipinski definition) is 2. The Hall–Kier alpha value is -2.29. The smallest absolute Gasteiger partial charge is 0.163 e. The molecule has 0 spiro atoms. The molecule has 1 fully saturated rings. The lowest BCUT2D eigenvalue weighted by Crippen LogP contribution is -2.31. The van der Waals surface area contributed by atoms with Gasteiger partial charge in [0.15, 0.2) is 5.78 Å². The van der Waals surface area contributed by atoms with E-state index in [9.17, 15) is 15.0 Å². The van der Waals surface area contributed by atoms with Gasteiger partial charge in [-0.05, 0) is 84.9 Å². The number of phenolic OH excluding ortho intramolecular Hbond substituents is 2. The van der Waals surface area contributed by atoms with Crippen molar-refractivity contribution in [1.82, 2.24) is 0 Å². The SMILES string of the molecule is CC(=O)c1cc2c(cc1O)[C@@H]1CCCC[C@@H]1[C@H](c1ccc(O)cc1)C2. The highest BCUT2D eigenvalue weighted by atomic mass is 16.3. The van der Waals surface area contributed by atoms with Crippen LogP contribution in [0, 0.1) is 5.92 Å². The monoisotopic (exact) mass is 336 g/mol. The van der Waals surface area contributed by atoms with Gasteiger partial charge in [0.2, 0.25) is 0 Å². The molecule has 0 bridgehead atoms. The second kappa shape index (κ2) is 6.21. The van der Waals surface area contributed by atoms with Crippen LogP contribution in [0.1, 0.15) is 71.5 Å². The van der Waals surface area contributed by atoms with Gasteiger partial charge in [-0.3, -0.25) is 4.79 Å². The average molecular weight is 336 g/mol. The molecule has 0 aliphatic heterocycles. The Morgan fingerprint density at radius 2 is 1.72 bits per heavy atom. The first-order chi connectivity index (χ1) is 12.0. The quantitative estimate of drug-likeness (QED) is 0.766. The number of aromatic hydroxyl groups is 2. The van der Waals surface area contributed by atoms with Crippen molar-refractivity contribution in [2.75, 3.05) is 0 Å². The lowest BCUT2D eigenvalue weighted by atomic mass is 9.61. The summed E-state index contributed by atoms with van der Waals surface area (Å²) in [6, 6.07) is 11.3. The van der Waals surface area contributed by atoms with Crippen molar-refractivity contribution >= 4 is 5.78 Å². The zero-order chi connectivity index (χ0) is 17.6. The molecule has 25 heavy (non-hydrogen) atoms. The molecule has 2 aliphatic rings. The van der Waals surface area contributed by atoms with E-state index in [0.29, 0.717) is 29.1 Å². The summed E-state index contributed by atoms with van der Waals surface area (Å²) in [7, 11) is 0. The summed E-state index contributed by atoms with van der Waals surface area (Å²) >= 11 is 0. The number of fused-ring (bicyclic) bond motifs is 3. The largest absolute Gasteiger partial charge is 0.508 e. The summed E-state index contributed by atoms with van der Waals surface area (Å²) in [5, 5.41) is 19.9. The summed E-state index contributed by atoms with van der Waals surface area (Å²) in [6.07, 6.45) is 5.71. The highest BCUT2D eigenvalue weighted by Crippen LogP contribution is 2.52. The minimum absolute atomic E-state index is 0.0905. The molecule has 0 heterocycles. The molecule has 0 radical (unpaired) electrons. The van der Waals surface area contributed by atoms with Gasteiger partial charge in [-0.1, -0.05) is 25.0 Å². The van der Waals surface area contributed by atoms with Gasteiger partial charge >= 0.3 is 0 Å². The fourth-order valence-electron chi connectivity index (χ4n) is 4.96. The van der Waals surface area contributed by atoms with Crippen molar-refractivity contribution in [3.05, 3.63) is 58.7 Å². The second-order valence-electron chi connectivity index (χ2n) is 7.58. The molecule has 0 aromatic heterocycles. The molecule has 2 N–H and O–H groups in total. The van der Waals surface area contributed by atoms with E-state index in [1.54, 1.807) is 12.1 Å². The number of rotatable bonds is 2. The van der Waals surface area contributed by atoms with Crippen LogP contribution in [-0.2, 0) is 6.42 Å². The van der Waals surface area contributed by atoms with Gasteiger partial charge < -0.3 is 10.2 Å². The van der Waals surface area contributed by atoms with Gasteiger partial charge in [-0.15, -0.1) is 0 Å². The molecule has 0 amide bonds. The third-order valence-corrected chi connectivity index (χ3v) is 6.13. The average Bonchev–Trinajstić information content (AvgIpc) is 2.61. The van der Waals surface area contributed by atoms with Crippen LogP contribution in [-0.4, -0.2) is 16.0 Å². The van der Waals surface area contributed by atoms with Crippen LogP contribution in [0.3, 0.4) is 0 Å². The molecule has 3 nitrogen and oxygen atoms in total. The summed E-state index contributed by atoms with van der Waals surface area (Å²) < 4.78 is 0. The Bertz CT molecular complexity index is 807. The highest BCUT2D eigenvalue weighted by molar-refractivity contribution is 5.97. The van der Waals surface area contributed by atoms with Crippen LogP contribution in [0.5, 0.6) is 11.5 Å². The Balaban J connectivity index is 1.80. The molecule has 3 heteroatoms. The fraction of sp³-hybridized carbons (Fsp3) is 0.409. The maximum absolute atomic E-state index is 11.8. The summed E-state index contributed by atoms with van der Waals surface area (Å²) in [4.78, 5) is 11.8. The second-order valence-corrected chi connectivity index (χ2v) is 7.58. The van der Waals surface area contributed by atoms with E-state index in [2.05, 4.69) is 0 Å². The van der Waals surface area contributed by atoms with Crippen molar-refractivity contribution in [2.24, 2.45) is 5.92 Å². The normalized spacial score (nSPS) is 25.1. The number of carbonyl (C=O) groups excluding carboxylic acids is 1. The first kappa shape index (κ1) is 16.2. The maximum Gasteiger partial charge on any atom is 0.163 e. The van der Waals surface area contributed by atoms with Crippen LogP contribution < -0.4 is 0 Å². The molecule has 1 saturated carbocycles. The van der Waals surface area contributed by atoms with Gasteiger partial charge in [-0.25, -0.2) is 0 Å². The van der Waals surface area contributed by atoms with Gasteiger partial charge in [0.05, 0.1) is 5.56 Å². The number of benzene rings is 2. The van der Waals surface area contributed by atoms with E-state index >= 15 is 0 Å². The molecule has 2 aromatic rings. The van der Waals surface area contributed by atoms with Crippen LogP contribution in [0.4, 0.5) is 0 Å². The lowest BCUT2D eigenvalue weighted by Gasteiger charge is -2.43. The molecule has 0 unspecified atom stereocenters. The predicted molar refractivity (Wildman–Crippen MR) is 97.4 cm³/mol. The van der Waals surface area contributed by atoms with Crippen molar-refractivity contribution in [3.8, 4) is 11.5 Å². The van der Waals surface area contributed by atoms with Crippen molar-refractivity contribution in [2.45, 2.75) is 50.9 Å².